The lowest BCUT2D eigenvalue weighted by Gasteiger charge is -2.20. The molecule has 1 aliphatic carbocycles. The maximum atomic E-state index is 12.9. The van der Waals surface area contributed by atoms with E-state index in [4.69, 9.17) is 4.74 Å². The lowest BCUT2D eigenvalue weighted by Crippen LogP contribution is -2.37. The minimum absolute atomic E-state index is 0.120. The quantitative estimate of drug-likeness (QED) is 0.674. The summed E-state index contributed by atoms with van der Waals surface area (Å²) in [5.74, 6) is 0.833. The van der Waals surface area contributed by atoms with Crippen molar-refractivity contribution in [2.24, 2.45) is 5.92 Å². The molecule has 122 valence electrons. The second-order valence-electron chi connectivity index (χ2n) is 6.72. The molecule has 0 spiro atoms. The molecular formula is C18H22N2O3. The number of rotatable bonds is 2. The summed E-state index contributed by atoms with van der Waals surface area (Å²) < 4.78 is 5.67. The Balaban J connectivity index is 1.62. The number of nitrogens with zero attached hydrogens (tertiary/aromatic N) is 1. The van der Waals surface area contributed by atoms with E-state index in [1.165, 1.54) is 17.7 Å². The molecule has 0 bridgehead atoms. The summed E-state index contributed by atoms with van der Waals surface area (Å²) in [5.41, 5.74) is 1.67. The van der Waals surface area contributed by atoms with Gasteiger partial charge in [-0.3, -0.25) is 4.79 Å². The Morgan fingerprint density at radius 3 is 2.65 bits per heavy atom. The van der Waals surface area contributed by atoms with E-state index in [1.807, 2.05) is 12.1 Å². The molecule has 23 heavy (non-hydrogen) atoms. The predicted molar refractivity (Wildman–Crippen MR) is 86.6 cm³/mol. The molecule has 1 aromatic rings. The lowest BCUT2D eigenvalue weighted by atomic mass is 9.92. The maximum Gasteiger partial charge on any atom is 0.329 e. The number of urea groups is 1. The first-order valence-corrected chi connectivity index (χ1v) is 8.65. The maximum absolute atomic E-state index is 12.9. The lowest BCUT2D eigenvalue weighted by molar-refractivity contribution is -0.119. The van der Waals surface area contributed by atoms with Crippen LogP contribution in [-0.2, 0) is 11.2 Å². The summed E-state index contributed by atoms with van der Waals surface area (Å²) in [5, 5.41) is 2.92. The van der Waals surface area contributed by atoms with Gasteiger partial charge in [0.2, 0.25) is 0 Å². The monoisotopic (exact) mass is 314 g/mol. The van der Waals surface area contributed by atoms with E-state index in [9.17, 15) is 9.59 Å². The largest absolute Gasteiger partial charge is 0.491 e. The van der Waals surface area contributed by atoms with Crippen LogP contribution in [-0.4, -0.2) is 24.6 Å². The average Bonchev–Trinajstić information content (AvgIpc) is 3.02. The van der Waals surface area contributed by atoms with E-state index in [2.05, 4.69) is 5.32 Å². The Labute approximate surface area is 136 Å². The Kier molecular flexibility index (Phi) is 3.71. The minimum atomic E-state index is -0.377. The van der Waals surface area contributed by atoms with E-state index >= 15 is 0 Å². The number of carbonyl (C=O) groups is 2. The molecule has 0 aromatic heterocycles. The van der Waals surface area contributed by atoms with E-state index in [-0.39, 0.29) is 23.9 Å². The molecule has 1 atom stereocenters. The standard InChI is InChI=1S/C18H22N2O3/c21-17-15(12-6-3-1-2-4-7-12)19-18(22)20(17)14-9-5-8-13-10-11-23-16(13)14/h5,8-9,12,15H,1-4,6-7,10-11H2,(H,19,22). The molecule has 1 N–H and O–H groups in total. The van der Waals surface area contributed by atoms with Crippen molar-refractivity contribution in [2.45, 2.75) is 51.0 Å². The highest BCUT2D eigenvalue weighted by atomic mass is 16.5. The zero-order valence-electron chi connectivity index (χ0n) is 13.2. The molecule has 2 heterocycles. The first-order chi connectivity index (χ1) is 11.3. The van der Waals surface area contributed by atoms with Gasteiger partial charge in [0.05, 0.1) is 12.3 Å². The Morgan fingerprint density at radius 1 is 1.09 bits per heavy atom. The second-order valence-corrected chi connectivity index (χ2v) is 6.72. The normalized spacial score (nSPS) is 25.0. The molecule has 1 aromatic carbocycles. The average molecular weight is 314 g/mol. The van der Waals surface area contributed by atoms with Gasteiger partial charge in [0, 0.05) is 6.42 Å². The van der Waals surface area contributed by atoms with Crippen LogP contribution in [0.15, 0.2) is 18.2 Å². The van der Waals surface area contributed by atoms with Crippen LogP contribution in [0.4, 0.5) is 10.5 Å². The highest BCUT2D eigenvalue weighted by Gasteiger charge is 2.44. The van der Waals surface area contributed by atoms with Crippen LogP contribution in [0.25, 0.3) is 0 Å². The van der Waals surface area contributed by atoms with Crippen molar-refractivity contribution in [3.63, 3.8) is 0 Å². The number of carbonyl (C=O) groups excluding carboxylic acids is 2. The third-order valence-electron chi connectivity index (χ3n) is 5.27. The van der Waals surface area contributed by atoms with E-state index in [0.29, 0.717) is 18.0 Å². The summed E-state index contributed by atoms with van der Waals surface area (Å²) in [7, 11) is 0. The molecule has 0 radical (unpaired) electrons. The Hall–Kier alpha value is -2.04. The zero-order valence-corrected chi connectivity index (χ0v) is 13.2. The summed E-state index contributed by atoms with van der Waals surface area (Å²) in [4.78, 5) is 26.7. The van der Waals surface area contributed by atoms with Crippen LogP contribution in [0.3, 0.4) is 0 Å². The van der Waals surface area contributed by atoms with E-state index < -0.39 is 0 Å². The number of ether oxygens (including phenoxy) is 1. The first-order valence-electron chi connectivity index (χ1n) is 8.65. The van der Waals surface area contributed by atoms with Gasteiger partial charge in [-0.2, -0.15) is 0 Å². The molecule has 5 heteroatoms. The van der Waals surface area contributed by atoms with Crippen LogP contribution >= 0.6 is 0 Å². The molecule has 4 rings (SSSR count). The number of hydrogen-bond donors (Lipinski definition) is 1. The smallest absolute Gasteiger partial charge is 0.329 e. The SMILES string of the molecule is O=C1NC(C2CCCCCC2)C(=O)N1c1cccc2c1OCC2. The van der Waals surface area contributed by atoms with Gasteiger partial charge in [0.15, 0.2) is 0 Å². The van der Waals surface area contributed by atoms with Crippen molar-refractivity contribution in [2.75, 3.05) is 11.5 Å². The van der Waals surface area contributed by atoms with Gasteiger partial charge in [-0.1, -0.05) is 37.8 Å². The fraction of sp³-hybridized carbons (Fsp3) is 0.556. The van der Waals surface area contributed by atoms with Crippen molar-refractivity contribution >= 4 is 17.6 Å². The number of nitrogens with one attached hydrogen (secondary N) is 1. The van der Waals surface area contributed by atoms with Crippen molar-refractivity contribution < 1.29 is 14.3 Å². The second kappa shape index (κ2) is 5.87. The number of imide groups is 1. The molecule has 3 amide bonds. The van der Waals surface area contributed by atoms with Crippen molar-refractivity contribution in [3.8, 4) is 5.75 Å². The van der Waals surface area contributed by atoms with Crippen molar-refractivity contribution in [3.05, 3.63) is 23.8 Å². The fourth-order valence-corrected chi connectivity index (χ4v) is 4.06. The molecule has 3 aliphatic rings. The minimum Gasteiger partial charge on any atom is -0.491 e. The van der Waals surface area contributed by atoms with Gasteiger partial charge in [0.25, 0.3) is 5.91 Å². The summed E-state index contributed by atoms with van der Waals surface area (Å²) in [6, 6.07) is 5.00. The molecular weight excluding hydrogens is 292 g/mol. The third kappa shape index (κ3) is 2.48. The van der Waals surface area contributed by atoms with Crippen LogP contribution < -0.4 is 15.0 Å². The number of amides is 3. The fourth-order valence-electron chi connectivity index (χ4n) is 4.06. The number of benzene rings is 1. The molecule has 5 nitrogen and oxygen atoms in total. The highest BCUT2D eigenvalue weighted by molar-refractivity contribution is 6.22. The van der Waals surface area contributed by atoms with Crippen LogP contribution in [0.2, 0.25) is 0 Å². The predicted octanol–water partition coefficient (Wildman–Crippen LogP) is 3.02. The number of fused-ring (bicyclic) bond motifs is 1. The van der Waals surface area contributed by atoms with Crippen LogP contribution in [0, 0.1) is 5.92 Å². The van der Waals surface area contributed by atoms with Crippen molar-refractivity contribution in [1.29, 1.82) is 0 Å². The van der Waals surface area contributed by atoms with E-state index in [0.717, 1.165) is 37.7 Å². The molecule has 1 saturated heterocycles. The third-order valence-corrected chi connectivity index (χ3v) is 5.27. The Morgan fingerprint density at radius 2 is 1.87 bits per heavy atom. The highest BCUT2D eigenvalue weighted by Crippen LogP contribution is 2.38. The Bertz CT molecular complexity index is 635. The van der Waals surface area contributed by atoms with Gasteiger partial charge < -0.3 is 10.1 Å². The van der Waals surface area contributed by atoms with Crippen LogP contribution in [0.5, 0.6) is 5.75 Å². The van der Waals surface area contributed by atoms with Gasteiger partial charge in [-0.25, -0.2) is 9.69 Å². The molecule has 2 aliphatic heterocycles. The van der Waals surface area contributed by atoms with Gasteiger partial charge >= 0.3 is 6.03 Å². The van der Waals surface area contributed by atoms with Crippen molar-refractivity contribution in [1.82, 2.24) is 5.32 Å². The van der Waals surface area contributed by atoms with Gasteiger partial charge in [-0.05, 0) is 30.4 Å². The van der Waals surface area contributed by atoms with Gasteiger partial charge in [0.1, 0.15) is 11.8 Å². The summed E-state index contributed by atoms with van der Waals surface area (Å²) in [6.45, 7) is 0.613. The van der Waals surface area contributed by atoms with Crippen LogP contribution in [0.1, 0.15) is 44.1 Å². The molecule has 2 fully saturated rings. The number of anilines is 1. The zero-order chi connectivity index (χ0) is 15.8. The van der Waals surface area contributed by atoms with Gasteiger partial charge in [-0.15, -0.1) is 0 Å². The molecule has 1 unspecified atom stereocenters. The number of hydrogen-bond acceptors (Lipinski definition) is 3. The van der Waals surface area contributed by atoms with E-state index in [1.54, 1.807) is 6.07 Å². The summed E-state index contributed by atoms with van der Waals surface area (Å²) in [6.07, 6.45) is 7.63. The first kappa shape index (κ1) is 14.5. The topological polar surface area (TPSA) is 58.6 Å². The summed E-state index contributed by atoms with van der Waals surface area (Å²) >= 11 is 0. The number of para-hydroxylation sites is 1. The molecule has 1 saturated carbocycles.